The van der Waals surface area contributed by atoms with E-state index in [1.54, 1.807) is 4.68 Å². The lowest BCUT2D eigenvalue weighted by Gasteiger charge is -2.34. The van der Waals surface area contributed by atoms with Gasteiger partial charge in [0.2, 0.25) is 5.91 Å². The molecule has 3 aliphatic rings. The molecule has 0 aromatic carbocycles. The molecule has 21 heavy (non-hydrogen) atoms. The average molecular weight is 290 g/mol. The fourth-order valence-electron chi connectivity index (χ4n) is 4.21. The van der Waals surface area contributed by atoms with Crippen molar-refractivity contribution >= 4 is 11.9 Å². The number of nitrogens with zero attached hydrogens (tertiary/aromatic N) is 4. The Labute approximate surface area is 121 Å². The topological polar surface area (TPSA) is 88.3 Å². The van der Waals surface area contributed by atoms with Crippen LogP contribution in [-0.4, -0.2) is 50.0 Å². The summed E-state index contributed by atoms with van der Waals surface area (Å²) in [5.41, 5.74) is -0.0865. The van der Waals surface area contributed by atoms with E-state index in [2.05, 4.69) is 17.2 Å². The standard InChI is InChI=1S/C14H18N4O3/c1-8-4-14(5-10(8)14)13(21)17-3-2-9(6-17)18-7-11(12(19)20)15-16-18/h7-10H,2-6H2,1H3,(H,19,20)/t8-,9?,10-,14+/m1/s1. The Morgan fingerprint density at radius 2 is 2.24 bits per heavy atom. The minimum atomic E-state index is -1.07. The maximum Gasteiger partial charge on any atom is 0.358 e. The maximum absolute atomic E-state index is 12.6. The van der Waals surface area contributed by atoms with E-state index in [4.69, 9.17) is 5.11 Å². The van der Waals surface area contributed by atoms with Crippen LogP contribution in [0.5, 0.6) is 0 Å². The van der Waals surface area contributed by atoms with Crippen molar-refractivity contribution in [3.8, 4) is 0 Å². The maximum atomic E-state index is 12.6. The molecule has 0 bridgehead atoms. The highest BCUT2D eigenvalue weighted by molar-refractivity contribution is 5.88. The molecule has 1 N–H and O–H groups in total. The van der Waals surface area contributed by atoms with Crippen LogP contribution >= 0.6 is 0 Å². The van der Waals surface area contributed by atoms with Crippen LogP contribution in [0.15, 0.2) is 6.20 Å². The normalized spacial score (nSPS) is 37.0. The van der Waals surface area contributed by atoms with E-state index in [9.17, 15) is 9.59 Å². The summed E-state index contributed by atoms with van der Waals surface area (Å²) in [5.74, 6) is 0.525. The van der Waals surface area contributed by atoms with Gasteiger partial charge in [-0.3, -0.25) is 4.79 Å². The first-order chi connectivity index (χ1) is 10.0. The monoisotopic (exact) mass is 290 g/mol. The van der Waals surface area contributed by atoms with E-state index in [1.807, 2.05) is 4.90 Å². The number of carboxylic acids is 1. The van der Waals surface area contributed by atoms with Gasteiger partial charge in [0.15, 0.2) is 5.69 Å². The third kappa shape index (κ3) is 1.72. The van der Waals surface area contributed by atoms with Crippen molar-refractivity contribution in [1.29, 1.82) is 0 Å². The van der Waals surface area contributed by atoms with E-state index < -0.39 is 5.97 Å². The first-order valence-corrected chi connectivity index (χ1v) is 7.46. The summed E-state index contributed by atoms with van der Waals surface area (Å²) in [7, 11) is 0. The van der Waals surface area contributed by atoms with Crippen LogP contribution in [0.25, 0.3) is 0 Å². The molecule has 1 unspecified atom stereocenters. The summed E-state index contributed by atoms with van der Waals surface area (Å²) >= 11 is 0. The molecule has 4 rings (SSSR count). The smallest absolute Gasteiger partial charge is 0.358 e. The van der Waals surface area contributed by atoms with Gasteiger partial charge in [0, 0.05) is 13.1 Å². The first kappa shape index (κ1) is 12.8. The molecule has 2 saturated carbocycles. The molecule has 7 heteroatoms. The van der Waals surface area contributed by atoms with E-state index >= 15 is 0 Å². The minimum absolute atomic E-state index is 0.0388. The van der Waals surface area contributed by atoms with Crippen LogP contribution in [0.1, 0.15) is 42.7 Å². The fraction of sp³-hybridized carbons (Fsp3) is 0.714. The van der Waals surface area contributed by atoms with Gasteiger partial charge in [-0.05, 0) is 31.1 Å². The zero-order valence-corrected chi connectivity index (χ0v) is 11.9. The molecule has 1 aliphatic heterocycles. The highest BCUT2D eigenvalue weighted by atomic mass is 16.4. The summed E-state index contributed by atoms with van der Waals surface area (Å²) in [6.45, 7) is 3.57. The van der Waals surface area contributed by atoms with Gasteiger partial charge in [-0.2, -0.15) is 0 Å². The molecule has 2 aliphatic carbocycles. The fourth-order valence-corrected chi connectivity index (χ4v) is 4.21. The Kier molecular flexibility index (Phi) is 2.47. The SMILES string of the molecule is C[C@@H]1C[C@]2(C(=O)N3CCC(n4cc(C(=O)O)nn4)C3)C[C@H]12. The van der Waals surface area contributed by atoms with Crippen molar-refractivity contribution in [1.82, 2.24) is 19.9 Å². The van der Waals surface area contributed by atoms with E-state index in [-0.39, 0.29) is 17.2 Å². The Balaban J connectivity index is 1.43. The second-order valence-corrected chi connectivity index (χ2v) is 6.73. The Morgan fingerprint density at radius 3 is 2.81 bits per heavy atom. The second kappa shape index (κ2) is 4.05. The van der Waals surface area contributed by atoms with E-state index in [1.165, 1.54) is 6.20 Å². The quantitative estimate of drug-likeness (QED) is 0.889. The van der Waals surface area contributed by atoms with Gasteiger partial charge < -0.3 is 10.0 Å². The molecule has 112 valence electrons. The number of carbonyl (C=O) groups is 2. The molecule has 0 spiro atoms. The number of likely N-dealkylation sites (tertiary alicyclic amines) is 1. The van der Waals surface area contributed by atoms with Crippen molar-refractivity contribution < 1.29 is 14.7 Å². The number of rotatable bonds is 3. The van der Waals surface area contributed by atoms with Crippen molar-refractivity contribution in [2.45, 2.75) is 32.2 Å². The number of hydrogen-bond donors (Lipinski definition) is 1. The second-order valence-electron chi connectivity index (χ2n) is 6.73. The lowest BCUT2D eigenvalue weighted by Crippen LogP contribution is -2.42. The lowest BCUT2D eigenvalue weighted by molar-refractivity contribution is -0.140. The van der Waals surface area contributed by atoms with Gasteiger partial charge in [-0.15, -0.1) is 5.10 Å². The first-order valence-electron chi connectivity index (χ1n) is 7.46. The Hall–Kier alpha value is -1.92. The Morgan fingerprint density at radius 1 is 1.43 bits per heavy atom. The van der Waals surface area contributed by atoms with Crippen LogP contribution in [-0.2, 0) is 4.79 Å². The number of amides is 1. The molecule has 4 atom stereocenters. The van der Waals surface area contributed by atoms with Crippen molar-refractivity contribution in [2.24, 2.45) is 17.3 Å². The van der Waals surface area contributed by atoms with Gasteiger partial charge >= 0.3 is 5.97 Å². The molecular weight excluding hydrogens is 272 g/mol. The molecule has 2 heterocycles. The van der Waals surface area contributed by atoms with E-state index in [0.29, 0.717) is 24.3 Å². The molecule has 1 saturated heterocycles. The summed E-state index contributed by atoms with van der Waals surface area (Å²) < 4.78 is 1.59. The number of aromatic carboxylic acids is 1. The average Bonchev–Trinajstić information content (AvgIpc) is 2.88. The van der Waals surface area contributed by atoms with Gasteiger partial charge in [-0.25, -0.2) is 9.48 Å². The van der Waals surface area contributed by atoms with Crippen LogP contribution in [0.2, 0.25) is 0 Å². The summed E-state index contributed by atoms with van der Waals surface area (Å²) in [6.07, 6.45) is 4.35. The predicted octanol–water partition coefficient (Wildman–Crippen LogP) is 0.796. The van der Waals surface area contributed by atoms with Crippen molar-refractivity contribution in [2.75, 3.05) is 13.1 Å². The molecule has 7 nitrogen and oxygen atoms in total. The number of carbonyl (C=O) groups excluding carboxylic acids is 1. The summed E-state index contributed by atoms with van der Waals surface area (Å²) in [5, 5.41) is 16.4. The third-order valence-corrected chi connectivity index (χ3v) is 5.49. The van der Waals surface area contributed by atoms with Gasteiger partial charge in [0.05, 0.1) is 17.7 Å². The highest BCUT2D eigenvalue weighted by Crippen LogP contribution is 2.71. The van der Waals surface area contributed by atoms with Gasteiger partial charge in [-0.1, -0.05) is 12.1 Å². The van der Waals surface area contributed by atoms with Crippen LogP contribution < -0.4 is 0 Å². The zero-order chi connectivity index (χ0) is 14.8. The summed E-state index contributed by atoms with van der Waals surface area (Å²) in [6, 6.07) is 0.0423. The van der Waals surface area contributed by atoms with Crippen molar-refractivity contribution in [3.05, 3.63) is 11.9 Å². The largest absolute Gasteiger partial charge is 0.476 e. The molecule has 1 amide bonds. The Bertz CT molecular complexity index is 627. The predicted molar refractivity (Wildman–Crippen MR) is 71.5 cm³/mol. The van der Waals surface area contributed by atoms with Gasteiger partial charge in [0.1, 0.15) is 0 Å². The highest BCUT2D eigenvalue weighted by Gasteiger charge is 2.70. The number of hydrogen-bond acceptors (Lipinski definition) is 4. The van der Waals surface area contributed by atoms with Crippen molar-refractivity contribution in [3.63, 3.8) is 0 Å². The number of carboxylic acid groups (broad SMARTS) is 1. The number of fused-ring (bicyclic) bond motifs is 1. The zero-order valence-electron chi connectivity index (χ0n) is 11.9. The van der Waals surface area contributed by atoms with Crippen LogP contribution in [0, 0.1) is 17.3 Å². The molecular formula is C14H18N4O3. The van der Waals surface area contributed by atoms with Gasteiger partial charge in [0.25, 0.3) is 0 Å². The third-order valence-electron chi connectivity index (χ3n) is 5.49. The lowest BCUT2D eigenvalue weighted by atomic mass is 9.75. The van der Waals surface area contributed by atoms with Crippen LogP contribution in [0.3, 0.4) is 0 Å². The molecule has 0 radical (unpaired) electrons. The molecule has 1 aromatic rings. The van der Waals surface area contributed by atoms with E-state index in [0.717, 1.165) is 25.8 Å². The summed E-state index contributed by atoms with van der Waals surface area (Å²) in [4.78, 5) is 25.4. The molecule has 1 aromatic heterocycles. The van der Waals surface area contributed by atoms with Crippen LogP contribution in [0.4, 0.5) is 0 Å². The molecule has 3 fully saturated rings. The minimum Gasteiger partial charge on any atom is -0.476 e. The number of aromatic nitrogens is 3.